The predicted octanol–water partition coefficient (Wildman–Crippen LogP) is 3.49. The summed E-state index contributed by atoms with van der Waals surface area (Å²) in [6, 6.07) is 0. The van der Waals surface area contributed by atoms with E-state index in [1.54, 1.807) is 0 Å². The van der Waals surface area contributed by atoms with Gasteiger partial charge in [-0.3, -0.25) is 9.79 Å². The minimum Gasteiger partial charge on any atom is -0.392 e. The van der Waals surface area contributed by atoms with Gasteiger partial charge in [-0.1, -0.05) is 31.1 Å². The molecule has 0 saturated heterocycles. The van der Waals surface area contributed by atoms with Crippen LogP contribution in [0.5, 0.6) is 0 Å². The van der Waals surface area contributed by atoms with Gasteiger partial charge < -0.3 is 10.2 Å². The number of nitrogens with zero attached hydrogens (tertiary/aromatic N) is 1. The first kappa shape index (κ1) is 19.8. The van der Waals surface area contributed by atoms with E-state index in [0.29, 0.717) is 18.8 Å². The Morgan fingerprint density at radius 1 is 1.42 bits per heavy atom. The number of carbonyl (C=O) groups excluding carboxylic acids is 1. The summed E-state index contributed by atoms with van der Waals surface area (Å²) in [5, 5.41) is 20.9. The molecule has 5 unspecified atom stereocenters. The van der Waals surface area contributed by atoms with E-state index >= 15 is 0 Å². The number of carbonyl (C=O) groups is 1. The molecule has 2 aliphatic carbocycles. The van der Waals surface area contributed by atoms with E-state index < -0.39 is 17.7 Å². The molecular weight excluding hydrogens is 346 g/mol. The molecule has 26 heavy (non-hydrogen) atoms. The van der Waals surface area contributed by atoms with Crippen LogP contribution in [0, 0.1) is 17.8 Å². The fourth-order valence-electron chi connectivity index (χ4n) is 5.10. The molecule has 144 valence electrons. The van der Waals surface area contributed by atoms with Crippen LogP contribution in [0.3, 0.4) is 0 Å². The molecule has 0 amide bonds. The lowest BCUT2D eigenvalue weighted by molar-refractivity contribution is -0.110. The summed E-state index contributed by atoms with van der Waals surface area (Å²) < 4.78 is 0. The highest BCUT2D eigenvalue weighted by Gasteiger charge is 2.53. The molecule has 2 N–H and O–H groups in total. The van der Waals surface area contributed by atoms with E-state index in [4.69, 9.17) is 4.99 Å². The molecule has 3 aliphatic rings. The van der Waals surface area contributed by atoms with Crippen molar-refractivity contribution in [3.8, 4) is 0 Å². The number of fused-ring (bicyclic) bond motifs is 1. The lowest BCUT2D eigenvalue weighted by atomic mass is 9.82. The molecule has 0 aromatic heterocycles. The maximum Gasteiger partial charge on any atom is 0.185 e. The van der Waals surface area contributed by atoms with E-state index in [1.807, 2.05) is 18.2 Å². The second-order valence-corrected chi connectivity index (χ2v) is 8.70. The van der Waals surface area contributed by atoms with Crippen LogP contribution in [0.25, 0.3) is 0 Å². The van der Waals surface area contributed by atoms with Gasteiger partial charge in [0, 0.05) is 30.4 Å². The summed E-state index contributed by atoms with van der Waals surface area (Å²) >= 11 is 3.82. The number of aliphatic hydroxyl groups is 2. The molecule has 2 fully saturated rings. The van der Waals surface area contributed by atoms with Gasteiger partial charge in [-0.15, -0.1) is 19.2 Å². The van der Waals surface area contributed by atoms with Gasteiger partial charge in [0.15, 0.2) is 5.12 Å². The number of thiol groups is 1. The lowest BCUT2D eigenvalue weighted by Crippen LogP contribution is -2.26. The molecule has 0 spiro atoms. The molecule has 5 atom stereocenters. The molecule has 2 saturated carbocycles. The smallest absolute Gasteiger partial charge is 0.185 e. The molecule has 3 rings (SSSR count). The summed E-state index contributed by atoms with van der Waals surface area (Å²) in [7, 11) is 0. The van der Waals surface area contributed by atoms with Crippen molar-refractivity contribution in [3.63, 3.8) is 0 Å². The predicted molar refractivity (Wildman–Crippen MR) is 108 cm³/mol. The van der Waals surface area contributed by atoms with Crippen LogP contribution in [0.2, 0.25) is 0 Å². The minimum atomic E-state index is -0.450. The highest BCUT2D eigenvalue weighted by atomic mass is 32.1. The number of aliphatic imine (C=N–C) groups is 1. The van der Waals surface area contributed by atoms with Crippen LogP contribution in [-0.4, -0.2) is 38.8 Å². The highest BCUT2D eigenvalue weighted by Crippen LogP contribution is 2.51. The maximum atomic E-state index is 11.0. The quantitative estimate of drug-likeness (QED) is 0.448. The standard InChI is InChI=1S/C21H31NO3S/c1-2-21-13-19(24)16(10-11-18(23)14-6-3-4-7-14)17(21)12-15(22-21)8-5-9-20(25)26/h2,10-11,14,16-19,23-24H,1,3-9,12-13H2,(H,25,26)/b11-10+. The van der Waals surface area contributed by atoms with Gasteiger partial charge in [0.1, 0.15) is 0 Å². The van der Waals surface area contributed by atoms with Crippen LogP contribution in [0.1, 0.15) is 57.8 Å². The van der Waals surface area contributed by atoms with E-state index in [2.05, 4.69) is 19.2 Å². The van der Waals surface area contributed by atoms with Crippen molar-refractivity contribution >= 4 is 23.5 Å². The Hall–Kier alpha value is -0.910. The first-order chi connectivity index (χ1) is 12.4. The van der Waals surface area contributed by atoms with Crippen molar-refractivity contribution in [3.05, 3.63) is 24.8 Å². The Morgan fingerprint density at radius 3 is 2.81 bits per heavy atom. The first-order valence-electron chi connectivity index (χ1n) is 9.92. The summed E-state index contributed by atoms with van der Waals surface area (Å²) in [5.41, 5.74) is 0.721. The van der Waals surface area contributed by atoms with Crippen LogP contribution in [-0.2, 0) is 4.79 Å². The summed E-state index contributed by atoms with van der Waals surface area (Å²) in [6.07, 6.45) is 13.0. The molecule has 1 aliphatic heterocycles. The third-order valence-corrected chi connectivity index (χ3v) is 6.76. The van der Waals surface area contributed by atoms with E-state index in [-0.39, 0.29) is 17.0 Å². The molecule has 4 nitrogen and oxygen atoms in total. The van der Waals surface area contributed by atoms with Gasteiger partial charge in [-0.25, -0.2) is 0 Å². The van der Waals surface area contributed by atoms with Gasteiger partial charge in [-0.2, -0.15) is 0 Å². The Morgan fingerprint density at radius 2 is 2.15 bits per heavy atom. The van der Waals surface area contributed by atoms with Gasteiger partial charge in [0.2, 0.25) is 0 Å². The second-order valence-electron chi connectivity index (χ2n) is 8.20. The molecule has 0 radical (unpaired) electrons. The summed E-state index contributed by atoms with van der Waals surface area (Å²) in [5.74, 6) is 0.559. The fraction of sp³-hybridized carbons (Fsp3) is 0.714. The number of rotatable bonds is 8. The van der Waals surface area contributed by atoms with Crippen LogP contribution in [0.4, 0.5) is 0 Å². The molecule has 1 heterocycles. The monoisotopic (exact) mass is 377 g/mol. The van der Waals surface area contributed by atoms with E-state index in [0.717, 1.165) is 37.8 Å². The van der Waals surface area contributed by atoms with E-state index in [1.165, 1.54) is 12.8 Å². The van der Waals surface area contributed by atoms with Crippen molar-refractivity contribution in [2.75, 3.05) is 0 Å². The average molecular weight is 378 g/mol. The number of hydrogen-bond donors (Lipinski definition) is 3. The Labute approximate surface area is 161 Å². The largest absolute Gasteiger partial charge is 0.392 e. The van der Waals surface area contributed by atoms with Gasteiger partial charge in [0.25, 0.3) is 0 Å². The molecular formula is C21H31NO3S. The first-order valence-corrected chi connectivity index (χ1v) is 10.4. The zero-order chi connectivity index (χ0) is 18.7. The lowest BCUT2D eigenvalue weighted by Gasteiger charge is -2.24. The Kier molecular flexibility index (Phi) is 6.41. The average Bonchev–Trinajstić information content (AvgIpc) is 3.28. The second kappa shape index (κ2) is 8.41. The van der Waals surface area contributed by atoms with Gasteiger partial charge in [0.05, 0.1) is 17.7 Å². The minimum absolute atomic E-state index is 0.00295. The number of hydrogen-bond acceptors (Lipinski definition) is 4. The Bertz CT molecular complexity index is 596. The topological polar surface area (TPSA) is 69.9 Å². The van der Waals surface area contributed by atoms with Gasteiger partial charge in [-0.05, 0) is 38.0 Å². The SMILES string of the molecule is C=CC12CC(O)C(/C=C/C(O)C3CCCC3)C1CC(CCCC(=O)S)=N2. The van der Waals surface area contributed by atoms with Crippen molar-refractivity contribution in [2.45, 2.75) is 75.5 Å². The summed E-state index contributed by atoms with van der Waals surface area (Å²) in [6.45, 7) is 3.99. The molecule has 0 aromatic carbocycles. The van der Waals surface area contributed by atoms with Crippen LogP contribution >= 0.6 is 12.6 Å². The third-order valence-electron chi connectivity index (χ3n) is 6.53. The van der Waals surface area contributed by atoms with Crippen LogP contribution in [0.15, 0.2) is 29.8 Å². The third kappa shape index (κ3) is 4.15. The fourth-order valence-corrected chi connectivity index (χ4v) is 5.26. The van der Waals surface area contributed by atoms with Crippen molar-refractivity contribution in [2.24, 2.45) is 22.7 Å². The van der Waals surface area contributed by atoms with E-state index in [9.17, 15) is 15.0 Å². The van der Waals surface area contributed by atoms with Crippen molar-refractivity contribution in [1.82, 2.24) is 0 Å². The van der Waals surface area contributed by atoms with Gasteiger partial charge >= 0.3 is 0 Å². The van der Waals surface area contributed by atoms with Crippen molar-refractivity contribution < 1.29 is 15.0 Å². The molecule has 0 bridgehead atoms. The Balaban J connectivity index is 1.66. The molecule has 5 heteroatoms. The summed E-state index contributed by atoms with van der Waals surface area (Å²) in [4.78, 5) is 15.9. The maximum absolute atomic E-state index is 11.0. The van der Waals surface area contributed by atoms with Crippen molar-refractivity contribution in [1.29, 1.82) is 0 Å². The normalized spacial score (nSPS) is 35.7. The zero-order valence-electron chi connectivity index (χ0n) is 15.4. The van der Waals surface area contributed by atoms with Crippen LogP contribution < -0.4 is 0 Å². The zero-order valence-corrected chi connectivity index (χ0v) is 16.3. The molecule has 0 aromatic rings. The number of aliphatic hydroxyl groups excluding tert-OH is 2. The highest BCUT2D eigenvalue weighted by molar-refractivity contribution is 7.96.